The van der Waals surface area contributed by atoms with Crippen LogP contribution in [0, 0.1) is 0 Å². The first-order valence-corrected chi connectivity index (χ1v) is 11.7. The lowest BCUT2D eigenvalue weighted by Crippen LogP contribution is -2.32. The third kappa shape index (κ3) is 7.86. The number of esters is 1. The Balaban J connectivity index is 1.82. The largest absolute Gasteiger partial charge is 0.491 e. The van der Waals surface area contributed by atoms with Crippen molar-refractivity contribution in [2.45, 2.75) is 24.8 Å². The second kappa shape index (κ2) is 11.0. The van der Waals surface area contributed by atoms with Gasteiger partial charge in [0, 0.05) is 11.8 Å². The first kappa shape index (κ1) is 25.2. The number of nitrogens with one attached hydrogen (secondary N) is 2. The Bertz CT molecular complexity index is 1100. The Kier molecular flexibility index (Phi) is 8.62. The van der Waals surface area contributed by atoms with E-state index in [1.807, 2.05) is 13.8 Å². The van der Waals surface area contributed by atoms with Crippen molar-refractivity contribution in [2.24, 2.45) is 0 Å². The SMILES string of the molecule is CC(C)Oc1ccc(C(=O)NCC(=O)OCC(=O)Nc2cc(S(C)(=O)=O)ccc2Cl)cc1. The molecule has 172 valence electrons. The number of sulfone groups is 1. The Morgan fingerprint density at radius 2 is 1.72 bits per heavy atom. The van der Waals surface area contributed by atoms with Gasteiger partial charge in [0.25, 0.3) is 11.8 Å². The van der Waals surface area contributed by atoms with Gasteiger partial charge in [0.2, 0.25) is 0 Å². The zero-order chi connectivity index (χ0) is 23.9. The number of anilines is 1. The highest BCUT2D eigenvalue weighted by atomic mass is 35.5. The van der Waals surface area contributed by atoms with E-state index >= 15 is 0 Å². The van der Waals surface area contributed by atoms with Crippen LogP contribution in [0.25, 0.3) is 0 Å². The summed E-state index contributed by atoms with van der Waals surface area (Å²) < 4.78 is 33.5. The number of carbonyl (C=O) groups excluding carboxylic acids is 3. The zero-order valence-electron chi connectivity index (χ0n) is 17.7. The lowest BCUT2D eigenvalue weighted by molar-refractivity contribution is -0.146. The van der Waals surface area contributed by atoms with Crippen molar-refractivity contribution < 1.29 is 32.3 Å². The van der Waals surface area contributed by atoms with E-state index < -0.39 is 40.8 Å². The molecular weight excluding hydrogens is 460 g/mol. The predicted molar refractivity (Wildman–Crippen MR) is 119 cm³/mol. The van der Waals surface area contributed by atoms with Crippen molar-refractivity contribution >= 4 is 44.9 Å². The molecule has 2 aromatic rings. The van der Waals surface area contributed by atoms with E-state index in [9.17, 15) is 22.8 Å². The van der Waals surface area contributed by atoms with E-state index in [1.54, 1.807) is 24.3 Å². The van der Waals surface area contributed by atoms with E-state index in [1.165, 1.54) is 18.2 Å². The maximum Gasteiger partial charge on any atom is 0.325 e. The van der Waals surface area contributed by atoms with Gasteiger partial charge in [-0.05, 0) is 56.3 Å². The summed E-state index contributed by atoms with van der Waals surface area (Å²) in [6, 6.07) is 10.2. The summed E-state index contributed by atoms with van der Waals surface area (Å²) in [7, 11) is -3.49. The Morgan fingerprint density at radius 1 is 1.06 bits per heavy atom. The smallest absolute Gasteiger partial charge is 0.325 e. The maximum absolute atomic E-state index is 12.1. The third-order valence-electron chi connectivity index (χ3n) is 3.89. The molecule has 0 heterocycles. The molecule has 0 aliphatic heterocycles. The third-order valence-corrected chi connectivity index (χ3v) is 5.33. The molecule has 0 aliphatic carbocycles. The fraction of sp³-hybridized carbons (Fsp3) is 0.286. The molecule has 2 aromatic carbocycles. The predicted octanol–water partition coefficient (Wildman–Crippen LogP) is 2.44. The average Bonchev–Trinajstić information content (AvgIpc) is 2.71. The molecule has 2 amide bonds. The van der Waals surface area contributed by atoms with Gasteiger partial charge >= 0.3 is 5.97 Å². The van der Waals surface area contributed by atoms with Crippen LogP contribution in [-0.2, 0) is 24.2 Å². The first-order valence-electron chi connectivity index (χ1n) is 9.45. The number of hydrogen-bond acceptors (Lipinski definition) is 7. The number of carbonyl (C=O) groups is 3. The number of hydrogen-bond donors (Lipinski definition) is 2. The highest BCUT2D eigenvalue weighted by Crippen LogP contribution is 2.25. The van der Waals surface area contributed by atoms with Gasteiger partial charge in [0.1, 0.15) is 12.3 Å². The molecule has 0 spiro atoms. The topological polar surface area (TPSA) is 128 Å². The van der Waals surface area contributed by atoms with E-state index in [0.717, 1.165) is 6.26 Å². The van der Waals surface area contributed by atoms with Crippen LogP contribution < -0.4 is 15.4 Å². The van der Waals surface area contributed by atoms with Gasteiger partial charge in [0.15, 0.2) is 16.4 Å². The summed E-state index contributed by atoms with van der Waals surface area (Å²) in [5.41, 5.74) is 0.390. The van der Waals surface area contributed by atoms with Gasteiger partial charge in [-0.15, -0.1) is 0 Å². The molecule has 2 N–H and O–H groups in total. The molecule has 11 heteroatoms. The van der Waals surface area contributed by atoms with Crippen LogP contribution in [0.5, 0.6) is 5.75 Å². The van der Waals surface area contributed by atoms with E-state index in [4.69, 9.17) is 21.1 Å². The molecular formula is C21H23ClN2O7S. The van der Waals surface area contributed by atoms with Crippen molar-refractivity contribution in [3.05, 3.63) is 53.1 Å². The van der Waals surface area contributed by atoms with Crippen LogP contribution in [0.3, 0.4) is 0 Å². The van der Waals surface area contributed by atoms with Crippen LogP contribution in [0.1, 0.15) is 24.2 Å². The summed E-state index contributed by atoms with van der Waals surface area (Å²) in [5.74, 6) is -1.43. The summed E-state index contributed by atoms with van der Waals surface area (Å²) in [4.78, 5) is 35.9. The summed E-state index contributed by atoms with van der Waals surface area (Å²) >= 11 is 5.96. The van der Waals surface area contributed by atoms with Gasteiger partial charge in [-0.25, -0.2) is 8.42 Å². The van der Waals surface area contributed by atoms with Crippen LogP contribution in [0.2, 0.25) is 5.02 Å². The zero-order valence-corrected chi connectivity index (χ0v) is 19.2. The minimum Gasteiger partial charge on any atom is -0.491 e. The van der Waals surface area contributed by atoms with Crippen molar-refractivity contribution in [3.63, 3.8) is 0 Å². The lowest BCUT2D eigenvalue weighted by atomic mass is 10.2. The molecule has 9 nitrogen and oxygen atoms in total. The molecule has 0 aromatic heterocycles. The molecule has 0 unspecified atom stereocenters. The fourth-order valence-corrected chi connectivity index (χ4v) is 3.24. The molecule has 2 rings (SSSR count). The van der Waals surface area contributed by atoms with Crippen LogP contribution in [0.4, 0.5) is 5.69 Å². The molecule has 0 radical (unpaired) electrons. The number of ether oxygens (including phenoxy) is 2. The van der Waals surface area contributed by atoms with Gasteiger partial charge in [-0.3, -0.25) is 14.4 Å². The van der Waals surface area contributed by atoms with Crippen molar-refractivity contribution in [2.75, 3.05) is 24.7 Å². The van der Waals surface area contributed by atoms with E-state index in [2.05, 4.69) is 10.6 Å². The molecule has 0 aliphatic rings. The highest BCUT2D eigenvalue weighted by Gasteiger charge is 2.14. The molecule has 0 saturated heterocycles. The van der Waals surface area contributed by atoms with E-state index in [0.29, 0.717) is 11.3 Å². The number of rotatable bonds is 9. The van der Waals surface area contributed by atoms with Gasteiger partial charge < -0.3 is 20.1 Å². The van der Waals surface area contributed by atoms with Crippen molar-refractivity contribution in [3.8, 4) is 5.75 Å². The highest BCUT2D eigenvalue weighted by molar-refractivity contribution is 7.90. The first-order chi connectivity index (χ1) is 15.0. The second-order valence-corrected chi connectivity index (χ2v) is 9.42. The second-order valence-electron chi connectivity index (χ2n) is 7.00. The Morgan fingerprint density at radius 3 is 2.31 bits per heavy atom. The molecule has 0 saturated carbocycles. The lowest BCUT2D eigenvalue weighted by Gasteiger charge is -2.11. The number of benzene rings is 2. The van der Waals surface area contributed by atoms with Gasteiger partial charge in [-0.1, -0.05) is 11.6 Å². The van der Waals surface area contributed by atoms with Crippen molar-refractivity contribution in [1.29, 1.82) is 0 Å². The molecule has 0 atom stereocenters. The average molecular weight is 483 g/mol. The van der Waals surface area contributed by atoms with Crippen LogP contribution in [0.15, 0.2) is 47.4 Å². The minimum absolute atomic E-state index is 0.00120. The van der Waals surface area contributed by atoms with Crippen LogP contribution in [-0.4, -0.2) is 51.7 Å². The summed E-state index contributed by atoms with van der Waals surface area (Å²) in [6.45, 7) is 2.68. The van der Waals surface area contributed by atoms with Crippen LogP contribution >= 0.6 is 11.6 Å². The van der Waals surface area contributed by atoms with Gasteiger partial charge in [0.05, 0.1) is 21.7 Å². The molecule has 32 heavy (non-hydrogen) atoms. The van der Waals surface area contributed by atoms with Crippen molar-refractivity contribution in [1.82, 2.24) is 5.32 Å². The fourth-order valence-electron chi connectivity index (χ4n) is 2.43. The number of halogens is 1. The van der Waals surface area contributed by atoms with E-state index in [-0.39, 0.29) is 21.7 Å². The maximum atomic E-state index is 12.1. The molecule has 0 bridgehead atoms. The standard InChI is InChI=1S/C21H23ClN2O7S/c1-13(2)31-15-6-4-14(5-7-15)21(27)23-11-20(26)30-12-19(25)24-18-10-16(32(3,28)29)8-9-17(18)22/h4-10,13H,11-12H2,1-3H3,(H,23,27)(H,24,25). The normalized spacial score (nSPS) is 11.0. The Hall–Kier alpha value is -3.11. The Labute approximate surface area is 191 Å². The number of amides is 2. The molecule has 0 fully saturated rings. The van der Waals surface area contributed by atoms with Gasteiger partial charge in [-0.2, -0.15) is 0 Å². The quantitative estimate of drug-likeness (QED) is 0.525. The summed E-state index contributed by atoms with van der Waals surface area (Å²) in [6.07, 6.45) is 1.02. The monoisotopic (exact) mass is 482 g/mol. The summed E-state index contributed by atoms with van der Waals surface area (Å²) in [5, 5.41) is 4.89. The minimum atomic E-state index is -3.49.